The van der Waals surface area contributed by atoms with Gasteiger partial charge in [-0.2, -0.15) is 0 Å². The number of nitrogen functional groups attached to an aromatic ring is 1. The van der Waals surface area contributed by atoms with Crippen LogP contribution >= 0.6 is 0 Å². The Kier molecular flexibility index (Phi) is 1.49. The highest BCUT2D eigenvalue weighted by Crippen LogP contribution is 2.18. The zero-order valence-electron chi connectivity index (χ0n) is 6.38. The van der Waals surface area contributed by atoms with Crippen LogP contribution in [0.3, 0.4) is 0 Å². The van der Waals surface area contributed by atoms with Gasteiger partial charge < -0.3 is 5.73 Å². The first-order valence-corrected chi connectivity index (χ1v) is 3.96. The zero-order chi connectivity index (χ0) is 7.68. The minimum atomic E-state index is 0.408. The van der Waals surface area contributed by atoms with E-state index in [4.69, 9.17) is 5.73 Å². The van der Waals surface area contributed by atoms with E-state index in [0.717, 1.165) is 18.5 Å². The molecular weight excluding hydrogens is 138 g/mol. The number of nitrogens with two attached hydrogens (primary N) is 1. The molecule has 0 radical (unpaired) electrons. The third-order valence-electron chi connectivity index (χ3n) is 2.08. The molecule has 2 N–H and O–H groups in total. The summed E-state index contributed by atoms with van der Waals surface area (Å²) in [7, 11) is 0. The minimum Gasteiger partial charge on any atom is -0.368 e. The molecule has 11 heavy (non-hydrogen) atoms. The molecule has 1 heterocycles. The summed E-state index contributed by atoms with van der Waals surface area (Å²) in [5, 5.41) is 0. The van der Waals surface area contributed by atoms with Gasteiger partial charge in [0, 0.05) is 11.9 Å². The number of hydrogen-bond acceptors (Lipinski definition) is 3. The van der Waals surface area contributed by atoms with Gasteiger partial charge in [-0.3, -0.25) is 0 Å². The molecule has 58 valence electrons. The number of anilines is 1. The minimum absolute atomic E-state index is 0.408. The third-order valence-corrected chi connectivity index (χ3v) is 2.08. The molecule has 1 aliphatic rings. The molecule has 0 aliphatic heterocycles. The van der Waals surface area contributed by atoms with Crippen molar-refractivity contribution in [1.82, 2.24) is 9.97 Å². The Morgan fingerprint density at radius 2 is 2.09 bits per heavy atom. The van der Waals surface area contributed by atoms with Crippen LogP contribution in [0.5, 0.6) is 0 Å². The first-order valence-electron chi connectivity index (χ1n) is 3.96. The summed E-state index contributed by atoms with van der Waals surface area (Å²) in [6.07, 6.45) is 6.55. The lowest BCUT2D eigenvalue weighted by Crippen LogP contribution is -2.08. The van der Waals surface area contributed by atoms with Gasteiger partial charge in [-0.15, -0.1) is 0 Å². The van der Waals surface area contributed by atoms with Gasteiger partial charge in [0.15, 0.2) is 0 Å². The van der Waals surface area contributed by atoms with Crippen molar-refractivity contribution in [3.8, 4) is 0 Å². The lowest BCUT2D eigenvalue weighted by molar-refractivity contribution is 0.664. The van der Waals surface area contributed by atoms with E-state index in [1.54, 1.807) is 0 Å². The third kappa shape index (κ3) is 1.18. The Morgan fingerprint density at radius 1 is 1.27 bits per heavy atom. The van der Waals surface area contributed by atoms with Crippen LogP contribution in [0.4, 0.5) is 5.95 Å². The quantitative estimate of drug-likeness (QED) is 0.597. The summed E-state index contributed by atoms with van der Waals surface area (Å²) in [6.45, 7) is 0. The summed E-state index contributed by atoms with van der Waals surface area (Å²) in [5.74, 6) is 0.408. The average molecular weight is 149 g/mol. The van der Waals surface area contributed by atoms with Gasteiger partial charge >= 0.3 is 0 Å². The first kappa shape index (κ1) is 6.58. The Bertz CT molecular complexity index is 270. The monoisotopic (exact) mass is 149 g/mol. The largest absolute Gasteiger partial charge is 0.368 e. The van der Waals surface area contributed by atoms with Crippen molar-refractivity contribution < 1.29 is 0 Å². The number of aryl methyl sites for hydroxylation is 2. The van der Waals surface area contributed by atoms with Crippen molar-refractivity contribution in [2.45, 2.75) is 25.7 Å². The van der Waals surface area contributed by atoms with Crippen LogP contribution < -0.4 is 5.73 Å². The van der Waals surface area contributed by atoms with E-state index in [9.17, 15) is 0 Å². The summed E-state index contributed by atoms with van der Waals surface area (Å²) < 4.78 is 0. The van der Waals surface area contributed by atoms with E-state index in [1.807, 2.05) is 6.20 Å². The molecule has 0 saturated carbocycles. The van der Waals surface area contributed by atoms with Crippen molar-refractivity contribution >= 4 is 5.95 Å². The molecule has 0 aromatic carbocycles. The Balaban J connectivity index is 2.43. The van der Waals surface area contributed by atoms with Crippen LogP contribution in [0, 0.1) is 0 Å². The second-order valence-electron chi connectivity index (χ2n) is 2.91. The standard InChI is InChI=1S/C8H11N3/c9-8-10-5-6-3-1-2-4-7(6)11-8/h5H,1-4H2,(H2,9,10,11). The van der Waals surface area contributed by atoms with Gasteiger partial charge in [-0.05, 0) is 31.2 Å². The fourth-order valence-electron chi connectivity index (χ4n) is 1.49. The van der Waals surface area contributed by atoms with Crippen LogP contribution in [0.25, 0.3) is 0 Å². The predicted octanol–water partition coefficient (Wildman–Crippen LogP) is 0.938. The fourth-order valence-corrected chi connectivity index (χ4v) is 1.49. The van der Waals surface area contributed by atoms with Crippen LogP contribution in [-0.4, -0.2) is 9.97 Å². The van der Waals surface area contributed by atoms with E-state index in [0.29, 0.717) is 5.95 Å². The highest BCUT2D eigenvalue weighted by molar-refractivity contribution is 5.26. The maximum absolute atomic E-state index is 5.46. The second kappa shape index (κ2) is 2.49. The molecule has 0 unspecified atom stereocenters. The van der Waals surface area contributed by atoms with E-state index in [1.165, 1.54) is 18.4 Å². The number of aromatic nitrogens is 2. The van der Waals surface area contributed by atoms with E-state index >= 15 is 0 Å². The van der Waals surface area contributed by atoms with Crippen molar-refractivity contribution in [2.75, 3.05) is 5.73 Å². The Hall–Kier alpha value is -1.12. The molecule has 2 rings (SSSR count). The second-order valence-corrected chi connectivity index (χ2v) is 2.91. The summed E-state index contributed by atoms with van der Waals surface area (Å²) in [6, 6.07) is 0. The highest BCUT2D eigenvalue weighted by Gasteiger charge is 2.10. The van der Waals surface area contributed by atoms with E-state index in [2.05, 4.69) is 9.97 Å². The van der Waals surface area contributed by atoms with Gasteiger partial charge in [-0.1, -0.05) is 0 Å². The Morgan fingerprint density at radius 3 is 3.00 bits per heavy atom. The molecule has 0 bridgehead atoms. The zero-order valence-corrected chi connectivity index (χ0v) is 6.38. The average Bonchev–Trinajstić information content (AvgIpc) is 2.04. The Labute approximate surface area is 65.7 Å². The molecule has 0 saturated heterocycles. The van der Waals surface area contributed by atoms with Crippen molar-refractivity contribution in [1.29, 1.82) is 0 Å². The van der Waals surface area contributed by atoms with Crippen LogP contribution in [0.15, 0.2) is 6.20 Å². The lowest BCUT2D eigenvalue weighted by atomic mass is 9.98. The summed E-state index contributed by atoms with van der Waals surface area (Å²) >= 11 is 0. The number of hydrogen-bond donors (Lipinski definition) is 1. The maximum Gasteiger partial charge on any atom is 0.220 e. The van der Waals surface area contributed by atoms with Crippen LogP contribution in [-0.2, 0) is 12.8 Å². The normalized spacial score (nSPS) is 16.0. The smallest absolute Gasteiger partial charge is 0.220 e. The SMILES string of the molecule is Nc1ncc2c(n1)CCCC2. The highest BCUT2D eigenvalue weighted by atomic mass is 15.0. The molecule has 0 amide bonds. The number of rotatable bonds is 0. The molecule has 1 aromatic rings. The van der Waals surface area contributed by atoms with Gasteiger partial charge in [-0.25, -0.2) is 9.97 Å². The molecule has 1 aromatic heterocycles. The fraction of sp³-hybridized carbons (Fsp3) is 0.500. The van der Waals surface area contributed by atoms with Crippen molar-refractivity contribution in [3.63, 3.8) is 0 Å². The molecule has 1 aliphatic carbocycles. The van der Waals surface area contributed by atoms with Crippen molar-refractivity contribution in [2.24, 2.45) is 0 Å². The van der Waals surface area contributed by atoms with E-state index in [-0.39, 0.29) is 0 Å². The lowest BCUT2D eigenvalue weighted by Gasteiger charge is -2.13. The molecule has 0 fully saturated rings. The van der Waals surface area contributed by atoms with Gasteiger partial charge in [0.05, 0.1) is 0 Å². The van der Waals surface area contributed by atoms with Crippen molar-refractivity contribution in [3.05, 3.63) is 17.5 Å². The summed E-state index contributed by atoms with van der Waals surface area (Å²) in [4.78, 5) is 8.14. The molecule has 0 spiro atoms. The van der Waals surface area contributed by atoms with Gasteiger partial charge in [0.1, 0.15) is 0 Å². The molecule has 0 atom stereocenters. The van der Waals surface area contributed by atoms with Gasteiger partial charge in [0.2, 0.25) is 5.95 Å². The first-order chi connectivity index (χ1) is 5.36. The molecule has 3 nitrogen and oxygen atoms in total. The van der Waals surface area contributed by atoms with Gasteiger partial charge in [0.25, 0.3) is 0 Å². The van der Waals surface area contributed by atoms with Crippen LogP contribution in [0.1, 0.15) is 24.1 Å². The number of nitrogens with zero attached hydrogens (tertiary/aromatic N) is 2. The van der Waals surface area contributed by atoms with Crippen LogP contribution in [0.2, 0.25) is 0 Å². The topological polar surface area (TPSA) is 51.8 Å². The molecule has 3 heteroatoms. The predicted molar refractivity (Wildman–Crippen MR) is 43.1 cm³/mol. The maximum atomic E-state index is 5.46. The van der Waals surface area contributed by atoms with E-state index < -0.39 is 0 Å². The number of fused-ring (bicyclic) bond motifs is 1. The molecular formula is C8H11N3. The summed E-state index contributed by atoms with van der Waals surface area (Å²) in [5.41, 5.74) is 7.90.